The van der Waals surface area contributed by atoms with E-state index in [4.69, 9.17) is 5.11 Å². The van der Waals surface area contributed by atoms with Crippen LogP contribution >= 0.6 is 0 Å². The Bertz CT molecular complexity index is 398. The summed E-state index contributed by atoms with van der Waals surface area (Å²) in [6, 6.07) is 0. The molecule has 0 aliphatic carbocycles. The molecule has 1 radical (unpaired) electrons. The van der Waals surface area contributed by atoms with Crippen molar-refractivity contribution >= 4 is 45.6 Å². The number of hydrogen-bond acceptors (Lipinski definition) is 5. The molecule has 1 N–H and O–H groups in total. The van der Waals surface area contributed by atoms with Crippen LogP contribution in [0.4, 0.5) is 0 Å². The maximum atomic E-state index is 11.4. The van der Waals surface area contributed by atoms with E-state index in [1.54, 1.807) is 0 Å². The predicted octanol–water partition coefficient (Wildman–Crippen LogP) is 3.95. The molecule has 0 spiro atoms. The number of carbonyl (C=O) groups excluding carboxylic acids is 1. The summed E-state index contributed by atoms with van der Waals surface area (Å²) in [6.45, 7) is 1.70. The van der Waals surface area contributed by atoms with E-state index >= 15 is 0 Å². The molecule has 0 rings (SSSR count). The van der Waals surface area contributed by atoms with Crippen molar-refractivity contribution in [3.05, 3.63) is 0 Å². The van der Waals surface area contributed by atoms with Gasteiger partial charge in [0.1, 0.15) is 5.75 Å². The van der Waals surface area contributed by atoms with Crippen LogP contribution in [0.3, 0.4) is 0 Å². The molecule has 0 amide bonds. The Morgan fingerprint density at radius 2 is 1.20 bits per heavy atom. The largest absolute Gasteiger partial charge is 0.395 e. The van der Waals surface area contributed by atoms with Gasteiger partial charge in [0.05, 0.1) is 6.61 Å². The average Bonchev–Trinajstić information content (AvgIpc) is 2.51. The summed E-state index contributed by atoms with van der Waals surface area (Å²) in [7, 11) is -3.90. The average molecular weight is 388 g/mol. The van der Waals surface area contributed by atoms with Crippen LogP contribution in [-0.2, 0) is 19.1 Å². The van der Waals surface area contributed by atoms with Crippen molar-refractivity contribution in [2.24, 2.45) is 0 Å². The maximum absolute atomic E-state index is 11.4. The van der Waals surface area contributed by atoms with Crippen LogP contribution in [0.25, 0.3) is 0 Å². The Balaban J connectivity index is 0. The van der Waals surface area contributed by atoms with Crippen molar-refractivity contribution in [1.82, 2.24) is 0 Å². The second-order valence-electron chi connectivity index (χ2n) is 6.43. The van der Waals surface area contributed by atoms with E-state index < -0.39 is 28.4 Å². The SMILES string of the molecule is CCCCCCCCCCCCCCCC(=O)OS(=O)(=O)CCO.[Na]. The molecule has 0 fully saturated rings. The third-order valence-electron chi connectivity index (χ3n) is 4.05. The summed E-state index contributed by atoms with van der Waals surface area (Å²) in [5.74, 6) is -1.25. The van der Waals surface area contributed by atoms with Crippen LogP contribution in [0.1, 0.15) is 96.8 Å². The number of carbonyl (C=O) groups is 1. The first-order valence-corrected chi connectivity index (χ1v) is 11.2. The van der Waals surface area contributed by atoms with Gasteiger partial charge >= 0.3 is 16.1 Å². The summed E-state index contributed by atoms with van der Waals surface area (Å²) in [4.78, 5) is 11.4. The third kappa shape index (κ3) is 20.5. The Morgan fingerprint density at radius 1 is 0.800 bits per heavy atom. The van der Waals surface area contributed by atoms with Crippen molar-refractivity contribution in [1.29, 1.82) is 0 Å². The smallest absolute Gasteiger partial charge is 0.322 e. The second kappa shape index (κ2) is 19.2. The van der Waals surface area contributed by atoms with E-state index in [9.17, 15) is 13.2 Å². The first kappa shape index (κ1) is 27.6. The molecule has 7 heteroatoms. The minimum atomic E-state index is -3.90. The second-order valence-corrected chi connectivity index (χ2v) is 8.12. The van der Waals surface area contributed by atoms with Gasteiger partial charge in [-0.1, -0.05) is 84.0 Å². The maximum Gasteiger partial charge on any atom is 0.322 e. The van der Waals surface area contributed by atoms with Gasteiger partial charge < -0.3 is 9.29 Å². The van der Waals surface area contributed by atoms with Crippen molar-refractivity contribution in [2.75, 3.05) is 12.4 Å². The van der Waals surface area contributed by atoms with E-state index in [1.165, 1.54) is 64.2 Å². The molecule has 0 bridgehead atoms. The van der Waals surface area contributed by atoms with Gasteiger partial charge in [0.25, 0.3) is 0 Å². The Hall–Kier alpha value is 0.380. The normalized spacial score (nSPS) is 11.1. The van der Waals surface area contributed by atoms with Gasteiger partial charge in [0.2, 0.25) is 0 Å². The van der Waals surface area contributed by atoms with Gasteiger partial charge in [-0.2, -0.15) is 8.42 Å². The number of hydrogen-bond donors (Lipinski definition) is 1. The molecule has 5 nitrogen and oxygen atoms in total. The van der Waals surface area contributed by atoms with Crippen LogP contribution in [0, 0.1) is 0 Å². The molecule has 0 unspecified atom stereocenters. The molecule has 0 aromatic carbocycles. The van der Waals surface area contributed by atoms with E-state index in [-0.39, 0.29) is 36.0 Å². The van der Waals surface area contributed by atoms with Crippen LogP contribution in [-0.4, -0.2) is 61.4 Å². The van der Waals surface area contributed by atoms with Crippen molar-refractivity contribution < 1.29 is 22.5 Å². The third-order valence-corrected chi connectivity index (χ3v) is 5.17. The molecule has 0 aromatic rings. The van der Waals surface area contributed by atoms with E-state index in [0.717, 1.165) is 12.8 Å². The van der Waals surface area contributed by atoms with Gasteiger partial charge in [-0.3, -0.25) is 4.79 Å². The molecule has 25 heavy (non-hydrogen) atoms. The van der Waals surface area contributed by atoms with Gasteiger partial charge in [-0.25, -0.2) is 0 Å². The molecule has 0 saturated heterocycles. The van der Waals surface area contributed by atoms with E-state index in [0.29, 0.717) is 6.42 Å². The monoisotopic (exact) mass is 387 g/mol. The molecule has 0 saturated carbocycles. The quantitative estimate of drug-likeness (QED) is 0.232. The van der Waals surface area contributed by atoms with E-state index in [2.05, 4.69) is 11.1 Å². The fourth-order valence-corrected chi connectivity index (χ4v) is 3.30. The minimum absolute atomic E-state index is 0. The van der Waals surface area contributed by atoms with Crippen LogP contribution in [0.5, 0.6) is 0 Å². The van der Waals surface area contributed by atoms with E-state index in [1.807, 2.05) is 0 Å². The van der Waals surface area contributed by atoms with Gasteiger partial charge in [0, 0.05) is 36.0 Å². The summed E-state index contributed by atoms with van der Waals surface area (Å²) in [5.41, 5.74) is 0. The summed E-state index contributed by atoms with van der Waals surface area (Å²) in [5, 5.41) is 8.54. The zero-order chi connectivity index (χ0) is 18.1. The first-order valence-electron chi connectivity index (χ1n) is 9.57. The number of aliphatic hydroxyl groups is 1. The van der Waals surface area contributed by atoms with Crippen molar-refractivity contribution in [3.63, 3.8) is 0 Å². The van der Waals surface area contributed by atoms with Crippen LogP contribution in [0.15, 0.2) is 0 Å². The topological polar surface area (TPSA) is 80.7 Å². The molecule has 0 aromatic heterocycles. The molecule has 0 atom stereocenters. The first-order chi connectivity index (χ1) is 11.5. The Morgan fingerprint density at radius 3 is 1.60 bits per heavy atom. The summed E-state index contributed by atoms with van der Waals surface area (Å²) < 4.78 is 26.7. The number of aliphatic hydroxyl groups excluding tert-OH is 1. The Labute approximate surface area is 176 Å². The summed E-state index contributed by atoms with van der Waals surface area (Å²) in [6.07, 6.45) is 15.9. The number of rotatable bonds is 17. The zero-order valence-electron chi connectivity index (χ0n) is 16.3. The summed E-state index contributed by atoms with van der Waals surface area (Å²) >= 11 is 0. The zero-order valence-corrected chi connectivity index (χ0v) is 19.1. The fourth-order valence-electron chi connectivity index (χ4n) is 2.62. The van der Waals surface area contributed by atoms with Crippen LogP contribution < -0.4 is 0 Å². The standard InChI is InChI=1S/C18H36O5S.Na/c1-2-3-4-5-6-7-8-9-10-11-12-13-14-15-18(20)23-24(21,22)17-16-19;/h19H,2-17H2,1H3;. The molecule has 145 valence electrons. The Kier molecular flexibility index (Phi) is 21.1. The predicted molar refractivity (Wildman–Crippen MR) is 103 cm³/mol. The minimum Gasteiger partial charge on any atom is -0.395 e. The fraction of sp³-hybridized carbons (Fsp3) is 0.944. The van der Waals surface area contributed by atoms with Gasteiger partial charge in [-0.15, -0.1) is 0 Å². The number of unbranched alkanes of at least 4 members (excludes halogenated alkanes) is 12. The van der Waals surface area contributed by atoms with Gasteiger partial charge in [-0.05, 0) is 6.42 Å². The molecule has 0 aliphatic heterocycles. The molecular weight excluding hydrogens is 351 g/mol. The molecule has 0 aliphatic rings. The van der Waals surface area contributed by atoms with Crippen molar-refractivity contribution in [3.8, 4) is 0 Å². The van der Waals surface area contributed by atoms with Gasteiger partial charge in [0.15, 0.2) is 0 Å². The molecule has 0 heterocycles. The molecular formula is C18H36NaO5S. The van der Waals surface area contributed by atoms with Crippen LogP contribution in [0.2, 0.25) is 0 Å². The van der Waals surface area contributed by atoms with Crippen molar-refractivity contribution in [2.45, 2.75) is 96.8 Å².